The number of alkyl halides is 3. The van der Waals surface area contributed by atoms with E-state index in [4.69, 9.17) is 9.47 Å². The van der Waals surface area contributed by atoms with Gasteiger partial charge >= 0.3 is 6.18 Å². The fourth-order valence-corrected chi connectivity index (χ4v) is 7.45. The van der Waals surface area contributed by atoms with E-state index in [-0.39, 0.29) is 25.4 Å². The average molecular weight is 657 g/mol. The van der Waals surface area contributed by atoms with E-state index in [1.54, 1.807) is 12.3 Å². The molecule has 0 saturated carbocycles. The zero-order chi connectivity index (χ0) is 33.1. The molecule has 2 saturated heterocycles. The van der Waals surface area contributed by atoms with E-state index in [2.05, 4.69) is 44.8 Å². The van der Waals surface area contributed by atoms with Gasteiger partial charge < -0.3 is 20.1 Å². The lowest BCUT2D eigenvalue weighted by Crippen LogP contribution is -2.47. The molecule has 1 aliphatic carbocycles. The first kappa shape index (κ1) is 32.2. The molecule has 0 bridgehead atoms. The number of ether oxygens (including phenoxy) is 2. The number of nitrogens with zero attached hydrogens (tertiary/aromatic N) is 2. The molecule has 7 rings (SSSR count). The summed E-state index contributed by atoms with van der Waals surface area (Å²) >= 11 is 0. The molecule has 3 unspecified atom stereocenters. The number of amides is 1. The highest BCUT2D eigenvalue weighted by Crippen LogP contribution is 2.51. The van der Waals surface area contributed by atoms with Crippen LogP contribution in [0.3, 0.4) is 0 Å². The summed E-state index contributed by atoms with van der Waals surface area (Å²) < 4.78 is 51.5. The lowest BCUT2D eigenvalue weighted by molar-refractivity contribution is -0.141. The van der Waals surface area contributed by atoms with Gasteiger partial charge in [-0.3, -0.25) is 9.69 Å². The van der Waals surface area contributed by atoms with Gasteiger partial charge in [-0.25, -0.2) is 4.98 Å². The molecule has 4 aromatic rings. The van der Waals surface area contributed by atoms with Crippen LogP contribution in [0.2, 0.25) is 0 Å². The smallest absolute Gasteiger partial charge is 0.405 e. The molecule has 1 aromatic heterocycles. The molecular weight excluding hydrogens is 617 g/mol. The fourth-order valence-electron chi connectivity index (χ4n) is 7.45. The summed E-state index contributed by atoms with van der Waals surface area (Å²) in [6.07, 6.45) is 1.45. The molecule has 1 amide bonds. The number of aromatic nitrogens is 1. The van der Waals surface area contributed by atoms with Crippen molar-refractivity contribution in [1.29, 1.82) is 0 Å². The number of hydrogen-bond acceptors (Lipinski definition) is 6. The molecule has 2 aliphatic heterocycles. The summed E-state index contributed by atoms with van der Waals surface area (Å²) in [5.74, 6) is -0.235. The molecule has 3 aromatic carbocycles. The summed E-state index contributed by atoms with van der Waals surface area (Å²) in [6, 6.07) is 29.5. The Hall–Kier alpha value is -4.41. The van der Waals surface area contributed by atoms with Crippen LogP contribution in [0, 0.1) is 0 Å². The maximum atomic E-state index is 13.7. The minimum absolute atomic E-state index is 0.0724. The molecule has 3 aliphatic rings. The van der Waals surface area contributed by atoms with Gasteiger partial charge in [-0.05, 0) is 66.1 Å². The van der Waals surface area contributed by atoms with Crippen LogP contribution in [0.25, 0.3) is 11.1 Å². The second-order valence-electron chi connectivity index (χ2n) is 12.8. The van der Waals surface area contributed by atoms with Crippen molar-refractivity contribution in [1.82, 2.24) is 15.2 Å². The van der Waals surface area contributed by atoms with E-state index in [1.165, 1.54) is 18.4 Å². The third kappa shape index (κ3) is 6.77. The van der Waals surface area contributed by atoms with Gasteiger partial charge in [0.05, 0.1) is 18.5 Å². The first-order valence-electron chi connectivity index (χ1n) is 16.7. The van der Waals surface area contributed by atoms with Crippen LogP contribution in [0.5, 0.6) is 5.88 Å². The predicted octanol–water partition coefficient (Wildman–Crippen LogP) is 7.08. The Morgan fingerprint density at radius 2 is 1.65 bits per heavy atom. The first-order chi connectivity index (χ1) is 23.3. The van der Waals surface area contributed by atoms with Crippen LogP contribution in [0.15, 0.2) is 97.2 Å². The van der Waals surface area contributed by atoms with E-state index in [0.29, 0.717) is 29.5 Å². The molecule has 7 nitrogen and oxygen atoms in total. The quantitative estimate of drug-likeness (QED) is 0.125. The Kier molecular flexibility index (Phi) is 9.11. The largest absolute Gasteiger partial charge is 0.478 e. The number of rotatable bonds is 12. The number of carbonyl (C=O) groups excluding carboxylic acids is 1. The van der Waals surface area contributed by atoms with Gasteiger partial charge in [0, 0.05) is 18.7 Å². The second-order valence-corrected chi connectivity index (χ2v) is 12.8. The van der Waals surface area contributed by atoms with E-state index in [0.717, 1.165) is 36.3 Å². The van der Waals surface area contributed by atoms with E-state index in [1.807, 2.05) is 60.7 Å². The van der Waals surface area contributed by atoms with Gasteiger partial charge in [-0.2, -0.15) is 13.2 Å². The Morgan fingerprint density at radius 3 is 2.33 bits per heavy atom. The molecule has 10 heteroatoms. The van der Waals surface area contributed by atoms with E-state index in [9.17, 15) is 18.0 Å². The molecule has 2 fully saturated rings. The normalized spacial score (nSPS) is 21.2. The molecule has 250 valence electrons. The summed E-state index contributed by atoms with van der Waals surface area (Å²) in [7, 11) is 0. The Bertz CT molecular complexity index is 1670. The summed E-state index contributed by atoms with van der Waals surface area (Å²) in [6.45, 7) is 0.839. The number of anilines is 1. The number of benzene rings is 3. The molecule has 3 atom stereocenters. The van der Waals surface area contributed by atoms with Crippen LogP contribution in [-0.4, -0.2) is 60.0 Å². The molecule has 0 spiro atoms. The maximum absolute atomic E-state index is 13.7. The number of piperidine rings is 1. The second kappa shape index (κ2) is 13.6. The SMILES string of the molecule is O=C(NCC(F)(F)F)C1(CCCOc2ccc(NC3OC3C3CCCCN3Cc3ccccc3)cn2)c2ccccc2-c2ccccc21. The number of likely N-dealkylation sites (tertiary alicyclic amines) is 1. The highest BCUT2D eigenvalue weighted by Gasteiger charge is 2.50. The zero-order valence-electron chi connectivity index (χ0n) is 26.6. The average Bonchev–Trinajstić information content (AvgIpc) is 3.80. The molecule has 3 heterocycles. The minimum atomic E-state index is -4.52. The van der Waals surface area contributed by atoms with Crippen LogP contribution in [-0.2, 0) is 21.5 Å². The van der Waals surface area contributed by atoms with Crippen molar-refractivity contribution in [3.63, 3.8) is 0 Å². The van der Waals surface area contributed by atoms with Gasteiger partial charge in [0.1, 0.15) is 18.1 Å². The van der Waals surface area contributed by atoms with Crippen molar-refractivity contribution < 1.29 is 27.4 Å². The van der Waals surface area contributed by atoms with Crippen LogP contribution in [0.4, 0.5) is 18.9 Å². The number of fused-ring (bicyclic) bond motifs is 3. The predicted molar refractivity (Wildman–Crippen MR) is 177 cm³/mol. The van der Waals surface area contributed by atoms with Gasteiger partial charge in [0.25, 0.3) is 0 Å². The third-order valence-corrected chi connectivity index (χ3v) is 9.69. The topological polar surface area (TPSA) is 79.0 Å². The van der Waals surface area contributed by atoms with Crippen molar-refractivity contribution >= 4 is 11.6 Å². The summed E-state index contributed by atoms with van der Waals surface area (Å²) in [5.41, 5.74) is 4.00. The minimum Gasteiger partial charge on any atom is -0.478 e. The fraction of sp³-hybridized carbons (Fsp3) is 0.368. The van der Waals surface area contributed by atoms with Crippen molar-refractivity contribution in [2.75, 3.05) is 25.0 Å². The molecule has 0 radical (unpaired) electrons. The number of halogens is 3. The van der Waals surface area contributed by atoms with Gasteiger partial charge in [-0.1, -0.05) is 85.3 Å². The standard InChI is InChI=1S/C38H39F3N4O3/c39-38(40,41)25-43-36(46)37(30-15-6-4-13-28(30)29-14-5-7-16-31(29)37)20-10-22-47-33-19-18-27(23-42-33)44-35-34(48-35)32-17-8-9-21-45(32)24-26-11-2-1-3-12-26/h1-7,11-16,18-19,23,32,34-35,44H,8-10,17,20-22,24-25H2,(H,43,46). The van der Waals surface area contributed by atoms with Gasteiger partial charge in [0.15, 0.2) is 6.23 Å². The molecule has 2 N–H and O–H groups in total. The van der Waals surface area contributed by atoms with Crippen LogP contribution >= 0.6 is 0 Å². The van der Waals surface area contributed by atoms with Crippen molar-refractivity contribution in [2.24, 2.45) is 0 Å². The van der Waals surface area contributed by atoms with Gasteiger partial charge in [0.2, 0.25) is 11.8 Å². The Morgan fingerprint density at radius 1 is 0.938 bits per heavy atom. The summed E-state index contributed by atoms with van der Waals surface area (Å²) in [5, 5.41) is 5.62. The highest BCUT2D eigenvalue weighted by atomic mass is 19.4. The summed E-state index contributed by atoms with van der Waals surface area (Å²) in [4.78, 5) is 20.7. The van der Waals surface area contributed by atoms with E-state index >= 15 is 0 Å². The van der Waals surface area contributed by atoms with Crippen LogP contribution < -0.4 is 15.4 Å². The highest BCUT2D eigenvalue weighted by molar-refractivity contribution is 6.00. The third-order valence-electron chi connectivity index (χ3n) is 9.69. The van der Waals surface area contributed by atoms with Crippen molar-refractivity contribution in [3.05, 3.63) is 114 Å². The maximum Gasteiger partial charge on any atom is 0.405 e. The monoisotopic (exact) mass is 656 g/mol. The van der Waals surface area contributed by atoms with Crippen LogP contribution in [0.1, 0.15) is 48.8 Å². The van der Waals surface area contributed by atoms with Crippen molar-refractivity contribution in [2.45, 2.75) is 68.6 Å². The number of epoxide rings is 1. The number of hydrogen-bond donors (Lipinski definition) is 2. The first-order valence-corrected chi connectivity index (χ1v) is 16.7. The molecule has 48 heavy (non-hydrogen) atoms. The van der Waals surface area contributed by atoms with Gasteiger partial charge in [-0.15, -0.1) is 0 Å². The lowest BCUT2D eigenvalue weighted by Gasteiger charge is -2.35. The van der Waals surface area contributed by atoms with E-state index < -0.39 is 24.0 Å². The number of carbonyl (C=O) groups is 1. The Labute approximate surface area is 278 Å². The number of pyridine rings is 1. The van der Waals surface area contributed by atoms with Crippen molar-refractivity contribution in [3.8, 4) is 17.0 Å². The lowest BCUT2D eigenvalue weighted by atomic mass is 9.73. The number of nitrogens with one attached hydrogen (secondary N) is 2. The zero-order valence-corrected chi connectivity index (χ0v) is 26.6. The Balaban J connectivity index is 0.960. The molecular formula is C38H39F3N4O3.